The zero-order valence-corrected chi connectivity index (χ0v) is 13.1. The minimum atomic E-state index is -0.500. The van der Waals surface area contributed by atoms with Crippen molar-refractivity contribution in [3.8, 4) is 5.82 Å². The van der Waals surface area contributed by atoms with Crippen molar-refractivity contribution in [3.05, 3.63) is 70.8 Å². The first-order chi connectivity index (χ1) is 11.6. The summed E-state index contributed by atoms with van der Waals surface area (Å²) >= 11 is 1.26. The van der Waals surface area contributed by atoms with Crippen LogP contribution in [0, 0.1) is 10.1 Å². The Morgan fingerprint density at radius 3 is 2.54 bits per heavy atom. The summed E-state index contributed by atoms with van der Waals surface area (Å²) in [6.07, 6.45) is 5.02. The average molecular weight is 341 g/mol. The molecule has 2 aromatic heterocycles. The van der Waals surface area contributed by atoms with E-state index in [0.717, 1.165) is 0 Å². The zero-order chi connectivity index (χ0) is 16.9. The van der Waals surface area contributed by atoms with E-state index in [4.69, 9.17) is 0 Å². The van der Waals surface area contributed by atoms with Crippen LogP contribution < -0.4 is 0 Å². The Balaban J connectivity index is 1.60. The molecule has 0 aliphatic heterocycles. The molecule has 0 saturated carbocycles. The van der Waals surface area contributed by atoms with E-state index in [9.17, 15) is 14.9 Å². The predicted molar refractivity (Wildman–Crippen MR) is 87.3 cm³/mol. The molecule has 0 spiro atoms. The normalized spacial score (nSPS) is 10.5. The second kappa shape index (κ2) is 7.01. The summed E-state index contributed by atoms with van der Waals surface area (Å²) < 4.78 is 1.73. The highest BCUT2D eigenvalue weighted by Crippen LogP contribution is 2.18. The fourth-order valence-corrected chi connectivity index (χ4v) is 2.62. The van der Waals surface area contributed by atoms with Crippen LogP contribution >= 0.6 is 11.8 Å². The first kappa shape index (κ1) is 15.8. The molecule has 0 aliphatic rings. The first-order valence-electron chi connectivity index (χ1n) is 6.86. The largest absolute Gasteiger partial charge is 0.293 e. The lowest BCUT2D eigenvalue weighted by atomic mass is 10.1. The number of rotatable bonds is 6. The lowest BCUT2D eigenvalue weighted by Gasteiger charge is -2.03. The molecular formula is C15H11N5O3S. The number of imidazole rings is 1. The highest BCUT2D eigenvalue weighted by Gasteiger charge is 2.10. The molecule has 0 amide bonds. The number of nitrogens with zero attached hydrogens (tertiary/aromatic N) is 5. The molecule has 0 N–H and O–H groups in total. The number of Topliss-reactive ketones (excluding diaryl/α,β-unsaturated/α-hetero) is 1. The van der Waals surface area contributed by atoms with E-state index in [-0.39, 0.29) is 17.2 Å². The van der Waals surface area contributed by atoms with Gasteiger partial charge in [0.1, 0.15) is 11.4 Å². The van der Waals surface area contributed by atoms with Crippen molar-refractivity contribution < 1.29 is 9.72 Å². The Labute approximate surface area is 140 Å². The highest BCUT2D eigenvalue weighted by atomic mass is 32.2. The average Bonchev–Trinajstić information content (AvgIpc) is 3.15. The molecule has 3 aromatic rings. The van der Waals surface area contributed by atoms with Gasteiger partial charge in [-0.3, -0.25) is 19.5 Å². The van der Waals surface area contributed by atoms with E-state index < -0.39 is 4.92 Å². The minimum Gasteiger partial charge on any atom is -0.293 e. The van der Waals surface area contributed by atoms with E-state index in [1.807, 2.05) is 0 Å². The number of nitro benzene ring substituents is 1. The fraction of sp³-hybridized carbons (Fsp3) is 0.0667. The molecule has 8 nitrogen and oxygen atoms in total. The maximum absolute atomic E-state index is 12.1. The topological polar surface area (TPSA) is 104 Å². The number of hydrogen-bond donors (Lipinski definition) is 0. The van der Waals surface area contributed by atoms with Crippen molar-refractivity contribution >= 4 is 23.2 Å². The molecule has 0 saturated heterocycles. The van der Waals surface area contributed by atoms with Gasteiger partial charge in [-0.2, -0.15) is 0 Å². The van der Waals surface area contributed by atoms with Gasteiger partial charge in [0.2, 0.25) is 0 Å². The maximum Gasteiger partial charge on any atom is 0.269 e. The van der Waals surface area contributed by atoms with Crippen molar-refractivity contribution in [1.29, 1.82) is 0 Å². The number of non-ortho nitro benzene ring substituents is 1. The predicted octanol–water partition coefficient (Wildman–Crippen LogP) is 2.55. The molecule has 120 valence electrons. The number of hydrogen-bond acceptors (Lipinski definition) is 7. The standard InChI is InChI=1S/C15H11N5O3S/c21-13(11-1-3-12(4-2-11)20(22)23)9-24-15-6-5-14(17-18-15)19-8-7-16-10-19/h1-8,10H,9H2. The maximum atomic E-state index is 12.1. The number of thioether (sulfide) groups is 1. The lowest BCUT2D eigenvalue weighted by molar-refractivity contribution is -0.384. The van der Waals surface area contributed by atoms with Crippen molar-refractivity contribution in [3.63, 3.8) is 0 Å². The Hall–Kier alpha value is -3.07. The summed E-state index contributed by atoms with van der Waals surface area (Å²) in [5, 5.41) is 19.3. The number of ketones is 1. The molecule has 0 unspecified atom stereocenters. The molecule has 0 fully saturated rings. The van der Waals surface area contributed by atoms with Gasteiger partial charge in [0, 0.05) is 30.1 Å². The van der Waals surface area contributed by atoms with Crippen LogP contribution in [0.3, 0.4) is 0 Å². The van der Waals surface area contributed by atoms with Crippen LogP contribution in [0.5, 0.6) is 0 Å². The summed E-state index contributed by atoms with van der Waals surface area (Å²) in [6.45, 7) is 0. The molecule has 0 aliphatic carbocycles. The molecule has 2 heterocycles. The molecular weight excluding hydrogens is 330 g/mol. The molecule has 0 atom stereocenters. The van der Waals surface area contributed by atoms with Gasteiger partial charge in [0.15, 0.2) is 11.6 Å². The van der Waals surface area contributed by atoms with E-state index in [1.165, 1.54) is 36.0 Å². The summed E-state index contributed by atoms with van der Waals surface area (Å²) in [5.74, 6) is 0.686. The molecule has 1 aromatic carbocycles. The third-order valence-electron chi connectivity index (χ3n) is 3.15. The number of carbonyl (C=O) groups is 1. The molecule has 0 radical (unpaired) electrons. The van der Waals surface area contributed by atoms with E-state index in [1.54, 1.807) is 35.4 Å². The second-order valence-electron chi connectivity index (χ2n) is 4.72. The Bertz CT molecular complexity index is 848. The Morgan fingerprint density at radius 1 is 1.17 bits per heavy atom. The second-order valence-corrected chi connectivity index (χ2v) is 5.71. The van der Waals surface area contributed by atoms with E-state index in [2.05, 4.69) is 15.2 Å². The summed E-state index contributed by atoms with van der Waals surface area (Å²) in [7, 11) is 0. The lowest BCUT2D eigenvalue weighted by Crippen LogP contribution is -2.03. The number of carbonyl (C=O) groups excluding carboxylic acids is 1. The van der Waals surface area contributed by atoms with Crippen molar-refractivity contribution in [2.24, 2.45) is 0 Å². The van der Waals surface area contributed by atoms with Gasteiger partial charge < -0.3 is 0 Å². The van der Waals surface area contributed by atoms with Crippen molar-refractivity contribution in [2.75, 3.05) is 5.75 Å². The van der Waals surface area contributed by atoms with Crippen LogP contribution in [0.15, 0.2) is 60.1 Å². The highest BCUT2D eigenvalue weighted by molar-refractivity contribution is 7.99. The monoisotopic (exact) mass is 341 g/mol. The van der Waals surface area contributed by atoms with Crippen molar-refractivity contribution in [2.45, 2.75) is 5.03 Å². The van der Waals surface area contributed by atoms with Crippen LogP contribution in [0.4, 0.5) is 5.69 Å². The van der Waals surface area contributed by atoms with Crippen LogP contribution in [-0.4, -0.2) is 36.2 Å². The molecule has 9 heteroatoms. The van der Waals surface area contributed by atoms with Crippen LogP contribution in [0.1, 0.15) is 10.4 Å². The zero-order valence-electron chi connectivity index (χ0n) is 12.3. The number of benzene rings is 1. The number of nitro groups is 1. The summed E-state index contributed by atoms with van der Waals surface area (Å²) in [6, 6.07) is 9.10. The first-order valence-corrected chi connectivity index (χ1v) is 7.84. The van der Waals surface area contributed by atoms with Crippen LogP contribution in [-0.2, 0) is 0 Å². The molecule has 24 heavy (non-hydrogen) atoms. The molecule has 3 rings (SSSR count). The van der Waals surface area contributed by atoms with Crippen molar-refractivity contribution in [1.82, 2.24) is 19.7 Å². The summed E-state index contributed by atoms with van der Waals surface area (Å²) in [4.78, 5) is 26.1. The van der Waals surface area contributed by atoms with E-state index >= 15 is 0 Å². The van der Waals surface area contributed by atoms with Crippen LogP contribution in [0.2, 0.25) is 0 Å². The van der Waals surface area contributed by atoms with Gasteiger partial charge >= 0.3 is 0 Å². The number of aromatic nitrogens is 4. The fourth-order valence-electron chi connectivity index (χ4n) is 1.91. The molecule has 0 bridgehead atoms. The minimum absolute atomic E-state index is 0.0415. The van der Waals surface area contributed by atoms with Gasteiger partial charge in [0.05, 0.1) is 10.7 Å². The smallest absolute Gasteiger partial charge is 0.269 e. The quantitative estimate of drug-likeness (QED) is 0.294. The van der Waals surface area contributed by atoms with E-state index in [0.29, 0.717) is 16.4 Å². The SMILES string of the molecule is O=C(CSc1ccc(-n2ccnc2)nn1)c1ccc([N+](=O)[O-])cc1. The van der Waals surface area contributed by atoms with Gasteiger partial charge in [-0.25, -0.2) is 4.98 Å². The Kier molecular flexibility index (Phi) is 4.62. The van der Waals surface area contributed by atoms with Gasteiger partial charge in [0.25, 0.3) is 5.69 Å². The van der Waals surface area contributed by atoms with Gasteiger partial charge in [-0.1, -0.05) is 11.8 Å². The van der Waals surface area contributed by atoms with Gasteiger partial charge in [-0.05, 0) is 24.3 Å². The van der Waals surface area contributed by atoms with Crippen LogP contribution in [0.25, 0.3) is 5.82 Å². The van der Waals surface area contributed by atoms with Gasteiger partial charge in [-0.15, -0.1) is 10.2 Å². The third-order valence-corrected chi connectivity index (χ3v) is 4.07. The Morgan fingerprint density at radius 2 is 1.96 bits per heavy atom. The third kappa shape index (κ3) is 3.63. The summed E-state index contributed by atoms with van der Waals surface area (Å²) in [5.41, 5.74) is 0.385.